The van der Waals surface area contributed by atoms with E-state index in [0.29, 0.717) is 22.9 Å². The van der Waals surface area contributed by atoms with E-state index in [0.717, 1.165) is 50.0 Å². The Kier molecular flexibility index (Phi) is 6.62. The first-order valence-corrected chi connectivity index (χ1v) is 12.7. The number of thioether (sulfide) groups is 1. The van der Waals surface area contributed by atoms with Crippen molar-refractivity contribution in [3.05, 3.63) is 52.7 Å². The number of rotatable bonds is 4. The minimum Gasteiger partial charge on any atom is -0.311 e. The molecule has 2 aromatic rings. The van der Waals surface area contributed by atoms with E-state index < -0.39 is 0 Å². The number of fused-ring (bicyclic) bond motifs is 2. The molecule has 32 heavy (non-hydrogen) atoms. The van der Waals surface area contributed by atoms with Crippen LogP contribution in [0.1, 0.15) is 69.3 Å². The number of anilines is 1. The molecule has 4 nitrogen and oxygen atoms in total. The van der Waals surface area contributed by atoms with Crippen LogP contribution < -0.4 is 4.90 Å². The van der Waals surface area contributed by atoms with E-state index in [2.05, 4.69) is 32.9 Å². The first-order valence-electron chi connectivity index (χ1n) is 11.8. The third kappa shape index (κ3) is 4.57. The SMILES string of the molecule is CCC(Sc1nc2c(cc1C#N)CC(C(C)(C)C)CC2)C(=O)N1CCCc2ccccc21. The van der Waals surface area contributed by atoms with E-state index in [1.54, 1.807) is 0 Å². The third-order valence-corrected chi connectivity index (χ3v) is 8.33. The number of benzene rings is 1. The van der Waals surface area contributed by atoms with Crippen molar-refractivity contribution in [2.75, 3.05) is 11.4 Å². The summed E-state index contributed by atoms with van der Waals surface area (Å²) in [4.78, 5) is 20.4. The van der Waals surface area contributed by atoms with E-state index in [1.807, 2.05) is 36.1 Å². The fourth-order valence-electron chi connectivity index (χ4n) is 4.93. The highest BCUT2D eigenvalue weighted by Crippen LogP contribution is 2.39. The van der Waals surface area contributed by atoms with E-state index in [1.165, 1.54) is 22.9 Å². The van der Waals surface area contributed by atoms with Crippen LogP contribution in [0.4, 0.5) is 5.69 Å². The lowest BCUT2D eigenvalue weighted by Gasteiger charge is -2.35. The number of pyridine rings is 1. The van der Waals surface area contributed by atoms with E-state index >= 15 is 0 Å². The second kappa shape index (κ2) is 9.27. The van der Waals surface area contributed by atoms with Crippen molar-refractivity contribution in [2.24, 2.45) is 11.3 Å². The number of carbonyl (C=O) groups is 1. The number of carbonyl (C=O) groups excluding carboxylic acids is 1. The molecule has 2 unspecified atom stereocenters. The molecule has 0 N–H and O–H groups in total. The summed E-state index contributed by atoms with van der Waals surface area (Å²) < 4.78 is 0. The second-order valence-electron chi connectivity index (χ2n) is 10.1. The molecule has 168 valence electrons. The fourth-order valence-corrected chi connectivity index (χ4v) is 5.99. The summed E-state index contributed by atoms with van der Waals surface area (Å²) in [5, 5.41) is 10.3. The molecule has 0 spiro atoms. The van der Waals surface area contributed by atoms with Gasteiger partial charge in [0, 0.05) is 17.9 Å². The average Bonchev–Trinajstić information content (AvgIpc) is 2.80. The van der Waals surface area contributed by atoms with Gasteiger partial charge in [0.25, 0.3) is 0 Å². The summed E-state index contributed by atoms with van der Waals surface area (Å²) in [6, 6.07) is 12.6. The lowest BCUT2D eigenvalue weighted by Crippen LogP contribution is -2.41. The van der Waals surface area contributed by atoms with Crippen molar-refractivity contribution < 1.29 is 4.79 Å². The number of nitrogens with zero attached hydrogens (tertiary/aromatic N) is 3. The molecule has 2 atom stereocenters. The van der Waals surface area contributed by atoms with Gasteiger partial charge in [-0.25, -0.2) is 4.98 Å². The van der Waals surface area contributed by atoms with Gasteiger partial charge < -0.3 is 4.90 Å². The van der Waals surface area contributed by atoms with Crippen LogP contribution in [0.15, 0.2) is 35.4 Å². The Hall–Kier alpha value is -2.32. The zero-order valence-electron chi connectivity index (χ0n) is 19.6. The molecule has 0 fully saturated rings. The van der Waals surface area contributed by atoms with Gasteiger partial charge in [-0.15, -0.1) is 0 Å². The number of para-hydroxylation sites is 1. The predicted molar refractivity (Wildman–Crippen MR) is 131 cm³/mol. The predicted octanol–water partition coefficient (Wildman–Crippen LogP) is 5.95. The van der Waals surface area contributed by atoms with Crippen molar-refractivity contribution in [3.8, 4) is 6.07 Å². The summed E-state index contributed by atoms with van der Waals surface area (Å²) in [7, 11) is 0. The van der Waals surface area contributed by atoms with Gasteiger partial charge in [-0.05, 0) is 73.1 Å². The van der Waals surface area contributed by atoms with Crippen LogP contribution in [0.25, 0.3) is 0 Å². The molecule has 1 aliphatic carbocycles. The Bertz CT molecular complexity index is 1050. The van der Waals surface area contributed by atoms with Gasteiger partial charge in [-0.3, -0.25) is 4.79 Å². The summed E-state index contributed by atoms with van der Waals surface area (Å²) in [5.41, 5.74) is 5.45. The highest BCUT2D eigenvalue weighted by Gasteiger charge is 2.32. The standard InChI is InChI=1S/C27H33N3OS/c1-5-24(26(31)30-14-8-10-18-9-6-7-11-23(18)30)32-25-20(17-28)15-19-16-21(27(2,3)4)12-13-22(19)29-25/h6-7,9,11,15,21,24H,5,8,10,12-14,16H2,1-4H3. The molecule has 1 aliphatic heterocycles. The normalized spacial score (nSPS) is 19.0. The molecular formula is C27H33N3OS. The van der Waals surface area contributed by atoms with Gasteiger partial charge in [0.05, 0.1) is 10.8 Å². The Morgan fingerprint density at radius 2 is 2.06 bits per heavy atom. The summed E-state index contributed by atoms with van der Waals surface area (Å²) >= 11 is 1.47. The highest BCUT2D eigenvalue weighted by molar-refractivity contribution is 8.00. The zero-order chi connectivity index (χ0) is 22.9. The van der Waals surface area contributed by atoms with Gasteiger partial charge in [0.15, 0.2) is 0 Å². The van der Waals surface area contributed by atoms with E-state index in [-0.39, 0.29) is 16.6 Å². The van der Waals surface area contributed by atoms with Gasteiger partial charge in [0.2, 0.25) is 5.91 Å². The summed E-state index contributed by atoms with van der Waals surface area (Å²) in [5.74, 6) is 0.729. The van der Waals surface area contributed by atoms with Crippen molar-refractivity contribution in [2.45, 2.75) is 76.5 Å². The number of aryl methyl sites for hydroxylation is 2. The lowest BCUT2D eigenvalue weighted by molar-refractivity contribution is -0.118. The molecular weight excluding hydrogens is 414 g/mol. The fraction of sp³-hybridized carbons (Fsp3) is 0.519. The number of hydrogen-bond acceptors (Lipinski definition) is 4. The topological polar surface area (TPSA) is 57.0 Å². The summed E-state index contributed by atoms with van der Waals surface area (Å²) in [6.07, 6.45) is 5.76. The number of amides is 1. The van der Waals surface area contributed by atoms with Crippen LogP contribution >= 0.6 is 11.8 Å². The smallest absolute Gasteiger partial charge is 0.240 e. The van der Waals surface area contributed by atoms with Crippen LogP contribution in [0.3, 0.4) is 0 Å². The van der Waals surface area contributed by atoms with Crippen molar-refractivity contribution in [3.63, 3.8) is 0 Å². The molecule has 2 aliphatic rings. The van der Waals surface area contributed by atoms with Gasteiger partial charge in [-0.1, -0.05) is 57.7 Å². The quantitative estimate of drug-likeness (QED) is 0.543. The first-order chi connectivity index (χ1) is 15.3. The van der Waals surface area contributed by atoms with Crippen LogP contribution in [0.5, 0.6) is 0 Å². The molecule has 1 aromatic carbocycles. The molecule has 0 radical (unpaired) electrons. The van der Waals surface area contributed by atoms with Gasteiger partial charge >= 0.3 is 0 Å². The van der Waals surface area contributed by atoms with Crippen molar-refractivity contribution >= 4 is 23.4 Å². The van der Waals surface area contributed by atoms with Crippen LogP contribution in [0.2, 0.25) is 0 Å². The number of nitriles is 1. The Morgan fingerprint density at radius 1 is 1.28 bits per heavy atom. The maximum Gasteiger partial charge on any atom is 0.240 e. The Labute approximate surface area is 196 Å². The molecule has 1 aromatic heterocycles. The molecule has 5 heteroatoms. The van der Waals surface area contributed by atoms with E-state index in [4.69, 9.17) is 4.98 Å². The van der Waals surface area contributed by atoms with Gasteiger partial charge in [0.1, 0.15) is 11.1 Å². The lowest BCUT2D eigenvalue weighted by atomic mass is 9.71. The average molecular weight is 448 g/mol. The largest absolute Gasteiger partial charge is 0.311 e. The van der Waals surface area contributed by atoms with Crippen LogP contribution in [0, 0.1) is 22.7 Å². The first kappa shape index (κ1) is 22.9. The monoisotopic (exact) mass is 447 g/mol. The second-order valence-corrected chi connectivity index (χ2v) is 11.3. The minimum absolute atomic E-state index is 0.126. The highest BCUT2D eigenvalue weighted by atomic mass is 32.2. The number of hydrogen-bond donors (Lipinski definition) is 0. The molecule has 0 bridgehead atoms. The third-order valence-electron chi connectivity index (χ3n) is 6.97. The molecule has 1 amide bonds. The van der Waals surface area contributed by atoms with Crippen LogP contribution in [-0.4, -0.2) is 22.7 Å². The summed E-state index contributed by atoms with van der Waals surface area (Å²) in [6.45, 7) is 9.68. The molecule has 2 heterocycles. The van der Waals surface area contributed by atoms with E-state index in [9.17, 15) is 10.1 Å². The van der Waals surface area contributed by atoms with Crippen molar-refractivity contribution in [1.82, 2.24) is 4.98 Å². The molecule has 0 saturated carbocycles. The molecule has 4 rings (SSSR count). The Morgan fingerprint density at radius 3 is 2.78 bits per heavy atom. The van der Waals surface area contributed by atoms with Crippen molar-refractivity contribution in [1.29, 1.82) is 5.26 Å². The van der Waals surface area contributed by atoms with Crippen LogP contribution in [-0.2, 0) is 24.1 Å². The maximum absolute atomic E-state index is 13.5. The minimum atomic E-state index is -0.246. The molecule has 0 saturated heterocycles. The van der Waals surface area contributed by atoms with Gasteiger partial charge in [-0.2, -0.15) is 5.26 Å². The maximum atomic E-state index is 13.5. The Balaban J connectivity index is 1.58. The number of aromatic nitrogens is 1. The zero-order valence-corrected chi connectivity index (χ0v) is 20.5.